The zero-order valence-electron chi connectivity index (χ0n) is 13.1. The zero-order chi connectivity index (χ0) is 16.9. The molecule has 0 atom stereocenters. The Morgan fingerprint density at radius 3 is 2.75 bits per heavy atom. The summed E-state index contributed by atoms with van der Waals surface area (Å²) in [6, 6.07) is 3.62. The molecule has 5 nitrogen and oxygen atoms in total. The van der Waals surface area contributed by atoms with Crippen LogP contribution < -0.4 is 0 Å². The van der Waals surface area contributed by atoms with E-state index in [0.717, 1.165) is 31.2 Å². The first-order chi connectivity index (χ1) is 11.6. The van der Waals surface area contributed by atoms with Crippen LogP contribution in [0.25, 0.3) is 6.08 Å². The number of hydrogen-bond acceptors (Lipinski definition) is 6. The Balaban J connectivity index is 1.61. The number of carbonyl (C=O) groups is 2. The predicted molar refractivity (Wildman–Crippen MR) is 97.1 cm³/mol. The number of esters is 1. The first-order valence-electron chi connectivity index (χ1n) is 7.98. The number of thioether (sulfide) groups is 1. The van der Waals surface area contributed by atoms with E-state index in [4.69, 9.17) is 17.0 Å². The lowest BCUT2D eigenvalue weighted by Gasteiger charge is -2.23. The molecular weight excluding hydrogens is 344 g/mol. The van der Waals surface area contributed by atoms with E-state index in [1.165, 1.54) is 23.1 Å². The third kappa shape index (κ3) is 4.21. The number of aromatic nitrogens is 1. The maximum Gasteiger partial charge on any atom is 0.326 e. The fourth-order valence-corrected chi connectivity index (χ4v) is 4.04. The quantitative estimate of drug-likeness (QED) is 0.466. The van der Waals surface area contributed by atoms with Crippen LogP contribution in [0, 0.1) is 0 Å². The van der Waals surface area contributed by atoms with Crippen molar-refractivity contribution in [3.63, 3.8) is 0 Å². The zero-order valence-corrected chi connectivity index (χ0v) is 14.8. The molecule has 1 amide bonds. The number of nitrogens with zero attached hydrogens (tertiary/aromatic N) is 2. The van der Waals surface area contributed by atoms with Crippen LogP contribution in [0.5, 0.6) is 0 Å². The van der Waals surface area contributed by atoms with Gasteiger partial charge in [0.15, 0.2) is 0 Å². The van der Waals surface area contributed by atoms with Crippen LogP contribution in [0.15, 0.2) is 29.4 Å². The molecule has 1 saturated heterocycles. The van der Waals surface area contributed by atoms with E-state index in [1.54, 1.807) is 18.5 Å². The maximum atomic E-state index is 12.5. The maximum absolute atomic E-state index is 12.5. The van der Waals surface area contributed by atoms with Crippen LogP contribution in [-0.4, -0.2) is 38.7 Å². The average molecular weight is 362 g/mol. The fraction of sp³-hybridized carbons (Fsp3) is 0.412. The van der Waals surface area contributed by atoms with Gasteiger partial charge in [0.05, 0.1) is 4.91 Å². The molecule has 0 radical (unpaired) electrons. The van der Waals surface area contributed by atoms with E-state index in [2.05, 4.69) is 4.98 Å². The number of rotatable bonds is 4. The lowest BCUT2D eigenvalue weighted by molar-refractivity contribution is -0.152. The smallest absolute Gasteiger partial charge is 0.326 e. The predicted octanol–water partition coefficient (Wildman–Crippen LogP) is 3.16. The van der Waals surface area contributed by atoms with Crippen molar-refractivity contribution in [3.8, 4) is 0 Å². The van der Waals surface area contributed by atoms with Gasteiger partial charge in [0.25, 0.3) is 5.91 Å². The number of thiocarbonyl (C=S) groups is 1. The van der Waals surface area contributed by atoms with Gasteiger partial charge in [-0.1, -0.05) is 30.4 Å². The van der Waals surface area contributed by atoms with Gasteiger partial charge < -0.3 is 4.74 Å². The summed E-state index contributed by atoms with van der Waals surface area (Å²) in [5, 5.41) is 0. The summed E-state index contributed by atoms with van der Waals surface area (Å²) in [7, 11) is 0. The number of amides is 1. The molecule has 0 bridgehead atoms. The Bertz CT molecular complexity index is 670. The van der Waals surface area contributed by atoms with Crippen molar-refractivity contribution in [2.75, 3.05) is 6.54 Å². The van der Waals surface area contributed by atoms with Crippen molar-refractivity contribution < 1.29 is 14.3 Å². The minimum atomic E-state index is -0.386. The Labute approximate surface area is 150 Å². The molecule has 1 aliphatic carbocycles. The van der Waals surface area contributed by atoms with Gasteiger partial charge in [0, 0.05) is 12.4 Å². The summed E-state index contributed by atoms with van der Waals surface area (Å²) < 4.78 is 5.86. The topological polar surface area (TPSA) is 59.5 Å². The van der Waals surface area contributed by atoms with Crippen LogP contribution in [0.3, 0.4) is 0 Å². The van der Waals surface area contributed by atoms with Gasteiger partial charge >= 0.3 is 5.97 Å². The van der Waals surface area contributed by atoms with E-state index in [9.17, 15) is 9.59 Å². The van der Waals surface area contributed by atoms with Gasteiger partial charge in [-0.05, 0) is 49.5 Å². The van der Waals surface area contributed by atoms with Crippen molar-refractivity contribution in [3.05, 3.63) is 35.0 Å². The van der Waals surface area contributed by atoms with Gasteiger partial charge in [-0.2, -0.15) is 0 Å². The molecular formula is C17H18N2O3S2. The number of pyridine rings is 1. The van der Waals surface area contributed by atoms with Crippen molar-refractivity contribution in [2.24, 2.45) is 0 Å². The highest BCUT2D eigenvalue weighted by Crippen LogP contribution is 2.32. The molecule has 126 valence electrons. The van der Waals surface area contributed by atoms with E-state index >= 15 is 0 Å². The Kier molecular flexibility index (Phi) is 5.63. The fourth-order valence-electron chi connectivity index (χ4n) is 2.78. The number of hydrogen-bond donors (Lipinski definition) is 0. The molecule has 7 heteroatoms. The minimum Gasteiger partial charge on any atom is -0.461 e. The van der Waals surface area contributed by atoms with Gasteiger partial charge in [-0.25, -0.2) is 0 Å². The van der Waals surface area contributed by atoms with Crippen LogP contribution in [0.4, 0.5) is 0 Å². The molecule has 1 saturated carbocycles. The molecule has 0 spiro atoms. The van der Waals surface area contributed by atoms with E-state index in [1.807, 2.05) is 12.1 Å². The monoisotopic (exact) mass is 362 g/mol. The summed E-state index contributed by atoms with van der Waals surface area (Å²) >= 11 is 6.45. The van der Waals surface area contributed by atoms with E-state index in [0.29, 0.717) is 9.23 Å². The van der Waals surface area contributed by atoms with E-state index < -0.39 is 0 Å². The second-order valence-corrected chi connectivity index (χ2v) is 7.47. The largest absolute Gasteiger partial charge is 0.461 e. The Morgan fingerprint density at radius 2 is 2.04 bits per heavy atom. The third-order valence-corrected chi connectivity index (χ3v) is 5.39. The molecule has 24 heavy (non-hydrogen) atoms. The lowest BCUT2D eigenvalue weighted by Crippen LogP contribution is -2.36. The Morgan fingerprint density at radius 1 is 1.33 bits per heavy atom. The molecule has 2 fully saturated rings. The molecule has 1 aromatic rings. The molecule has 1 aromatic heterocycles. The highest BCUT2D eigenvalue weighted by atomic mass is 32.2. The SMILES string of the molecule is O=C(CN1C(=O)/C(=C/c2ccncc2)SC1=S)OC1CCCCC1. The van der Waals surface area contributed by atoms with Gasteiger partial charge in [0.2, 0.25) is 0 Å². The Hall–Kier alpha value is -1.73. The normalized spacial score (nSPS) is 20.7. The average Bonchev–Trinajstić information content (AvgIpc) is 2.84. The number of carbonyl (C=O) groups excluding carboxylic acids is 2. The van der Waals surface area contributed by atoms with E-state index in [-0.39, 0.29) is 24.5 Å². The summed E-state index contributed by atoms with van der Waals surface area (Å²) in [5.74, 6) is -0.634. The molecule has 2 heterocycles. The summed E-state index contributed by atoms with van der Waals surface area (Å²) in [5.41, 5.74) is 0.871. The van der Waals surface area contributed by atoms with Crippen molar-refractivity contribution in [1.29, 1.82) is 0 Å². The van der Waals surface area contributed by atoms with Gasteiger partial charge in [-0.3, -0.25) is 19.5 Å². The van der Waals surface area contributed by atoms with Crippen LogP contribution >= 0.6 is 24.0 Å². The summed E-state index contributed by atoms with van der Waals surface area (Å²) in [6.45, 7) is -0.116. The van der Waals surface area contributed by atoms with Crippen molar-refractivity contribution in [2.45, 2.75) is 38.2 Å². The molecule has 3 rings (SSSR count). The van der Waals surface area contributed by atoms with Crippen LogP contribution in [0.1, 0.15) is 37.7 Å². The molecule has 0 aromatic carbocycles. The van der Waals surface area contributed by atoms with Crippen LogP contribution in [0.2, 0.25) is 0 Å². The second-order valence-electron chi connectivity index (χ2n) is 5.80. The molecule has 0 N–H and O–H groups in total. The van der Waals surface area contributed by atoms with Crippen LogP contribution in [-0.2, 0) is 14.3 Å². The number of ether oxygens (including phenoxy) is 1. The van der Waals surface area contributed by atoms with Gasteiger partial charge in [0.1, 0.15) is 17.0 Å². The molecule has 2 aliphatic rings. The van der Waals surface area contributed by atoms with Crippen molar-refractivity contribution in [1.82, 2.24) is 9.88 Å². The first kappa shape index (κ1) is 17.1. The minimum absolute atomic E-state index is 0.0167. The molecule has 0 unspecified atom stereocenters. The summed E-state index contributed by atoms with van der Waals surface area (Å²) in [6.07, 6.45) is 10.3. The lowest BCUT2D eigenvalue weighted by atomic mass is 9.98. The standard InChI is InChI=1S/C17H18N2O3S2/c20-15(22-13-4-2-1-3-5-13)11-19-16(21)14(24-17(19)23)10-12-6-8-18-9-7-12/h6-10,13H,1-5,11H2/b14-10-. The second kappa shape index (κ2) is 7.90. The summed E-state index contributed by atoms with van der Waals surface area (Å²) in [4.78, 5) is 30.4. The van der Waals surface area contributed by atoms with Crippen molar-refractivity contribution >= 4 is 46.3 Å². The van der Waals surface area contributed by atoms with Gasteiger partial charge in [-0.15, -0.1) is 0 Å². The first-order valence-corrected chi connectivity index (χ1v) is 9.21. The molecule has 1 aliphatic heterocycles. The highest BCUT2D eigenvalue weighted by molar-refractivity contribution is 8.26. The highest BCUT2D eigenvalue weighted by Gasteiger charge is 2.34. The third-order valence-electron chi connectivity index (χ3n) is 4.01.